The van der Waals surface area contributed by atoms with Gasteiger partial charge in [0, 0.05) is 28.4 Å². The third-order valence-corrected chi connectivity index (χ3v) is 3.61. The first-order valence-electron chi connectivity index (χ1n) is 7.60. The predicted molar refractivity (Wildman–Crippen MR) is 99.0 cm³/mol. The van der Waals surface area contributed by atoms with E-state index in [1.54, 1.807) is 36.4 Å². The normalized spacial score (nSPS) is 10.8. The second kappa shape index (κ2) is 8.31. The molecule has 24 heavy (non-hydrogen) atoms. The van der Waals surface area contributed by atoms with Crippen molar-refractivity contribution in [1.29, 1.82) is 0 Å². The first-order chi connectivity index (χ1) is 11.5. The van der Waals surface area contributed by atoms with Crippen LogP contribution in [0.15, 0.2) is 54.6 Å². The van der Waals surface area contributed by atoms with Gasteiger partial charge in [0.25, 0.3) is 0 Å². The molecule has 0 aromatic heterocycles. The SMILES string of the molecule is CC(C)C(=O)Nc1ccc(NC(=O)/C=C/c2ccccc2Cl)cc1. The van der Waals surface area contributed by atoms with Gasteiger partial charge in [0.15, 0.2) is 0 Å². The molecule has 0 saturated heterocycles. The minimum atomic E-state index is -0.256. The van der Waals surface area contributed by atoms with Gasteiger partial charge in [-0.05, 0) is 42.0 Å². The fourth-order valence-electron chi connectivity index (χ4n) is 1.88. The molecule has 0 bridgehead atoms. The summed E-state index contributed by atoms with van der Waals surface area (Å²) in [6.07, 6.45) is 3.09. The number of carbonyl (C=O) groups excluding carboxylic acids is 2. The highest BCUT2D eigenvalue weighted by Gasteiger charge is 2.07. The van der Waals surface area contributed by atoms with Gasteiger partial charge in [-0.2, -0.15) is 0 Å². The number of anilines is 2. The average molecular weight is 343 g/mol. The molecule has 2 N–H and O–H groups in total. The third kappa shape index (κ3) is 5.25. The van der Waals surface area contributed by atoms with E-state index >= 15 is 0 Å². The van der Waals surface area contributed by atoms with Gasteiger partial charge in [0.2, 0.25) is 11.8 Å². The van der Waals surface area contributed by atoms with E-state index in [1.165, 1.54) is 6.08 Å². The summed E-state index contributed by atoms with van der Waals surface area (Å²) in [7, 11) is 0. The molecule has 2 aromatic rings. The molecule has 0 aliphatic heterocycles. The zero-order valence-electron chi connectivity index (χ0n) is 13.5. The molecule has 5 heteroatoms. The Balaban J connectivity index is 1.95. The molecule has 0 aliphatic rings. The van der Waals surface area contributed by atoms with Gasteiger partial charge in [0.1, 0.15) is 0 Å². The molecule has 2 amide bonds. The van der Waals surface area contributed by atoms with Crippen molar-refractivity contribution in [3.63, 3.8) is 0 Å². The fourth-order valence-corrected chi connectivity index (χ4v) is 2.08. The van der Waals surface area contributed by atoms with Crippen LogP contribution in [0.1, 0.15) is 19.4 Å². The quantitative estimate of drug-likeness (QED) is 0.781. The van der Waals surface area contributed by atoms with E-state index in [2.05, 4.69) is 10.6 Å². The Hall–Kier alpha value is -2.59. The first-order valence-corrected chi connectivity index (χ1v) is 7.98. The molecule has 2 rings (SSSR count). The number of rotatable bonds is 5. The average Bonchev–Trinajstić information content (AvgIpc) is 2.56. The summed E-state index contributed by atoms with van der Waals surface area (Å²) in [5, 5.41) is 6.14. The Morgan fingerprint density at radius 1 is 0.958 bits per heavy atom. The van der Waals surface area contributed by atoms with Crippen LogP contribution >= 0.6 is 11.6 Å². The largest absolute Gasteiger partial charge is 0.326 e. The van der Waals surface area contributed by atoms with Crippen LogP contribution in [0.5, 0.6) is 0 Å². The summed E-state index contributed by atoms with van der Waals surface area (Å²) in [5.41, 5.74) is 2.12. The van der Waals surface area contributed by atoms with E-state index in [1.807, 2.05) is 32.0 Å². The number of amides is 2. The zero-order chi connectivity index (χ0) is 17.5. The maximum Gasteiger partial charge on any atom is 0.248 e. The Bertz CT molecular complexity index is 752. The summed E-state index contributed by atoms with van der Waals surface area (Å²) >= 11 is 6.03. The van der Waals surface area contributed by atoms with E-state index in [4.69, 9.17) is 11.6 Å². The van der Waals surface area contributed by atoms with Crippen molar-refractivity contribution in [3.05, 3.63) is 65.2 Å². The number of benzene rings is 2. The van der Waals surface area contributed by atoms with Crippen LogP contribution < -0.4 is 10.6 Å². The number of hydrogen-bond acceptors (Lipinski definition) is 2. The van der Waals surface area contributed by atoms with E-state index in [-0.39, 0.29) is 17.7 Å². The smallest absolute Gasteiger partial charge is 0.248 e. The third-order valence-electron chi connectivity index (χ3n) is 3.26. The lowest BCUT2D eigenvalue weighted by Crippen LogP contribution is -2.17. The standard InChI is InChI=1S/C19H19ClN2O2/c1-13(2)19(24)22-16-10-8-15(9-11-16)21-18(23)12-7-14-5-3-4-6-17(14)20/h3-13H,1-2H3,(H,21,23)(H,22,24)/b12-7+. The summed E-state index contributed by atoms with van der Waals surface area (Å²) in [5.74, 6) is -0.386. The summed E-state index contributed by atoms with van der Waals surface area (Å²) in [6, 6.07) is 14.2. The van der Waals surface area contributed by atoms with Gasteiger partial charge in [-0.3, -0.25) is 9.59 Å². The second-order valence-electron chi connectivity index (χ2n) is 5.57. The van der Waals surface area contributed by atoms with Crippen LogP contribution in [0.2, 0.25) is 5.02 Å². The van der Waals surface area contributed by atoms with Gasteiger partial charge in [0.05, 0.1) is 0 Å². The summed E-state index contributed by atoms with van der Waals surface area (Å²) in [6.45, 7) is 3.66. The van der Waals surface area contributed by atoms with Crippen molar-refractivity contribution >= 4 is 40.9 Å². The zero-order valence-corrected chi connectivity index (χ0v) is 14.3. The topological polar surface area (TPSA) is 58.2 Å². The lowest BCUT2D eigenvalue weighted by atomic mass is 10.2. The Morgan fingerprint density at radius 3 is 2.12 bits per heavy atom. The molecule has 0 saturated carbocycles. The van der Waals surface area contributed by atoms with Gasteiger partial charge >= 0.3 is 0 Å². The van der Waals surface area contributed by atoms with Crippen LogP contribution in [0, 0.1) is 5.92 Å². The van der Waals surface area contributed by atoms with Crippen LogP contribution in [-0.2, 0) is 9.59 Å². The van der Waals surface area contributed by atoms with Crippen molar-refractivity contribution in [2.45, 2.75) is 13.8 Å². The predicted octanol–water partition coefficient (Wildman–Crippen LogP) is 4.59. The Kier molecular flexibility index (Phi) is 6.15. The Morgan fingerprint density at radius 2 is 1.54 bits per heavy atom. The lowest BCUT2D eigenvalue weighted by Gasteiger charge is -2.08. The highest BCUT2D eigenvalue weighted by Crippen LogP contribution is 2.17. The van der Waals surface area contributed by atoms with Crippen LogP contribution in [-0.4, -0.2) is 11.8 Å². The lowest BCUT2D eigenvalue weighted by molar-refractivity contribution is -0.119. The molecular formula is C19H19ClN2O2. The van der Waals surface area contributed by atoms with Crippen LogP contribution in [0.25, 0.3) is 6.08 Å². The molecule has 0 heterocycles. The molecule has 0 aliphatic carbocycles. The van der Waals surface area contributed by atoms with E-state index in [9.17, 15) is 9.59 Å². The van der Waals surface area contributed by atoms with Crippen molar-refractivity contribution in [1.82, 2.24) is 0 Å². The first kappa shape index (κ1) is 17.8. The second-order valence-corrected chi connectivity index (χ2v) is 5.97. The van der Waals surface area contributed by atoms with Crippen molar-refractivity contribution in [2.75, 3.05) is 10.6 Å². The maximum absolute atomic E-state index is 11.9. The fraction of sp³-hybridized carbons (Fsp3) is 0.158. The number of nitrogens with one attached hydrogen (secondary N) is 2. The van der Waals surface area contributed by atoms with Gasteiger partial charge < -0.3 is 10.6 Å². The number of halogens is 1. The van der Waals surface area contributed by atoms with Gasteiger partial charge in [-0.1, -0.05) is 43.6 Å². The van der Waals surface area contributed by atoms with Crippen molar-refractivity contribution in [2.24, 2.45) is 5.92 Å². The van der Waals surface area contributed by atoms with Gasteiger partial charge in [-0.15, -0.1) is 0 Å². The maximum atomic E-state index is 11.9. The van der Waals surface area contributed by atoms with E-state index < -0.39 is 0 Å². The Labute approximate surface area is 146 Å². The minimum absolute atomic E-state index is 0.0468. The molecule has 0 atom stereocenters. The monoisotopic (exact) mass is 342 g/mol. The van der Waals surface area contributed by atoms with E-state index in [0.29, 0.717) is 16.4 Å². The van der Waals surface area contributed by atoms with Crippen LogP contribution in [0.3, 0.4) is 0 Å². The van der Waals surface area contributed by atoms with Crippen LogP contribution in [0.4, 0.5) is 11.4 Å². The molecule has 124 valence electrons. The molecule has 0 radical (unpaired) electrons. The number of carbonyl (C=O) groups is 2. The minimum Gasteiger partial charge on any atom is -0.326 e. The summed E-state index contributed by atoms with van der Waals surface area (Å²) < 4.78 is 0. The summed E-state index contributed by atoms with van der Waals surface area (Å²) in [4.78, 5) is 23.6. The van der Waals surface area contributed by atoms with Crippen molar-refractivity contribution in [3.8, 4) is 0 Å². The highest BCUT2D eigenvalue weighted by molar-refractivity contribution is 6.32. The molecule has 2 aromatic carbocycles. The molecule has 0 spiro atoms. The van der Waals surface area contributed by atoms with Crippen molar-refractivity contribution < 1.29 is 9.59 Å². The highest BCUT2D eigenvalue weighted by atomic mass is 35.5. The van der Waals surface area contributed by atoms with Gasteiger partial charge in [-0.25, -0.2) is 0 Å². The number of hydrogen-bond donors (Lipinski definition) is 2. The molecular weight excluding hydrogens is 324 g/mol. The molecule has 0 unspecified atom stereocenters. The molecule has 0 fully saturated rings. The molecule has 4 nitrogen and oxygen atoms in total. The van der Waals surface area contributed by atoms with E-state index in [0.717, 1.165) is 5.56 Å².